The summed E-state index contributed by atoms with van der Waals surface area (Å²) in [7, 11) is 0. The molecule has 1 aliphatic rings. The van der Waals surface area contributed by atoms with Crippen molar-refractivity contribution in [2.75, 3.05) is 6.54 Å². The Morgan fingerprint density at radius 3 is 2.68 bits per heavy atom. The predicted molar refractivity (Wildman–Crippen MR) is 68.5 cm³/mol. The Hall–Kier alpha value is -1.50. The minimum absolute atomic E-state index is 0.115. The molecule has 0 unspecified atom stereocenters. The van der Waals surface area contributed by atoms with E-state index in [4.69, 9.17) is 5.11 Å². The van der Waals surface area contributed by atoms with Crippen molar-refractivity contribution in [2.45, 2.75) is 58.2 Å². The van der Waals surface area contributed by atoms with Crippen molar-refractivity contribution in [3.8, 4) is 0 Å². The van der Waals surface area contributed by atoms with E-state index in [1.54, 1.807) is 0 Å². The van der Waals surface area contributed by atoms with Gasteiger partial charge >= 0.3 is 5.97 Å². The lowest BCUT2D eigenvalue weighted by molar-refractivity contribution is -0.137. The van der Waals surface area contributed by atoms with Gasteiger partial charge in [-0.1, -0.05) is 0 Å². The van der Waals surface area contributed by atoms with Crippen LogP contribution in [0.25, 0.3) is 0 Å². The summed E-state index contributed by atoms with van der Waals surface area (Å²) in [6.07, 6.45) is 2.38. The Labute approximate surface area is 112 Å². The lowest BCUT2D eigenvalue weighted by Gasteiger charge is -2.34. The number of nitrogens with zero attached hydrogens (tertiary/aromatic N) is 5. The second-order valence-corrected chi connectivity index (χ2v) is 6.01. The summed E-state index contributed by atoms with van der Waals surface area (Å²) in [5.74, 6) is 0.0406. The maximum atomic E-state index is 10.7. The van der Waals surface area contributed by atoms with Gasteiger partial charge < -0.3 is 5.11 Å². The molecule has 106 valence electrons. The highest BCUT2D eigenvalue weighted by Gasteiger charge is 2.30. The first-order valence-corrected chi connectivity index (χ1v) is 6.61. The molecule has 1 aliphatic carbocycles. The van der Waals surface area contributed by atoms with E-state index in [-0.39, 0.29) is 12.0 Å². The van der Waals surface area contributed by atoms with Crippen LogP contribution in [0.4, 0.5) is 0 Å². The van der Waals surface area contributed by atoms with Gasteiger partial charge in [0.1, 0.15) is 0 Å². The van der Waals surface area contributed by atoms with E-state index in [1.807, 2.05) is 4.68 Å². The fraction of sp³-hybridized carbons (Fsp3) is 0.833. The zero-order chi connectivity index (χ0) is 14.0. The molecule has 0 saturated heterocycles. The smallest absolute Gasteiger partial charge is 0.304 e. The van der Waals surface area contributed by atoms with Crippen molar-refractivity contribution < 1.29 is 9.90 Å². The van der Waals surface area contributed by atoms with E-state index in [9.17, 15) is 4.79 Å². The molecule has 0 radical (unpaired) electrons. The highest BCUT2D eigenvalue weighted by atomic mass is 16.4. The van der Waals surface area contributed by atoms with Crippen LogP contribution in [0.5, 0.6) is 0 Å². The van der Waals surface area contributed by atoms with Crippen LogP contribution < -0.4 is 0 Å². The maximum absolute atomic E-state index is 10.7. The Morgan fingerprint density at radius 2 is 2.16 bits per heavy atom. The standard InChI is InChI=1S/C12H21N5O2/c1-12(2,3)16(7-6-11(18)19)8-10-13-14-15-17(10)9-4-5-9/h9H,4-8H2,1-3H3,(H,18,19). The van der Waals surface area contributed by atoms with Crippen LogP contribution in [0.2, 0.25) is 0 Å². The third kappa shape index (κ3) is 3.73. The number of tetrazole rings is 1. The molecule has 1 heterocycles. The molecule has 1 fully saturated rings. The molecule has 1 aromatic rings. The van der Waals surface area contributed by atoms with Gasteiger partial charge in [-0.05, 0) is 44.0 Å². The Morgan fingerprint density at radius 1 is 1.47 bits per heavy atom. The molecule has 1 saturated carbocycles. The van der Waals surface area contributed by atoms with Gasteiger partial charge in [0.2, 0.25) is 0 Å². The average Bonchev–Trinajstić information content (AvgIpc) is 3.03. The number of hydrogen-bond donors (Lipinski definition) is 1. The van der Waals surface area contributed by atoms with Crippen LogP contribution in [-0.2, 0) is 11.3 Å². The van der Waals surface area contributed by atoms with Crippen LogP contribution in [0, 0.1) is 0 Å². The number of aliphatic carboxylic acids is 1. The molecular formula is C12H21N5O2. The molecule has 0 aromatic carbocycles. The van der Waals surface area contributed by atoms with E-state index >= 15 is 0 Å². The van der Waals surface area contributed by atoms with Gasteiger partial charge in [-0.25, -0.2) is 4.68 Å². The highest BCUT2D eigenvalue weighted by Crippen LogP contribution is 2.34. The first kappa shape index (κ1) is 13.9. The summed E-state index contributed by atoms with van der Waals surface area (Å²) >= 11 is 0. The summed E-state index contributed by atoms with van der Waals surface area (Å²) in [6.45, 7) is 7.29. The molecule has 1 aromatic heterocycles. The molecule has 1 N–H and O–H groups in total. The van der Waals surface area contributed by atoms with Gasteiger partial charge in [-0.3, -0.25) is 9.69 Å². The topological polar surface area (TPSA) is 84.1 Å². The summed E-state index contributed by atoms with van der Waals surface area (Å²) in [5, 5.41) is 20.7. The Bertz CT molecular complexity index is 447. The van der Waals surface area contributed by atoms with Gasteiger partial charge in [0, 0.05) is 12.1 Å². The van der Waals surface area contributed by atoms with Crippen molar-refractivity contribution in [3.63, 3.8) is 0 Å². The third-order valence-corrected chi connectivity index (χ3v) is 3.33. The molecule has 7 nitrogen and oxygen atoms in total. The first-order chi connectivity index (χ1) is 8.88. The second kappa shape index (κ2) is 5.24. The lowest BCUT2D eigenvalue weighted by atomic mass is 10.1. The van der Waals surface area contributed by atoms with Crippen molar-refractivity contribution in [3.05, 3.63) is 5.82 Å². The molecule has 0 bridgehead atoms. The average molecular weight is 267 g/mol. The van der Waals surface area contributed by atoms with Crippen molar-refractivity contribution in [2.24, 2.45) is 0 Å². The minimum Gasteiger partial charge on any atom is -0.481 e. The van der Waals surface area contributed by atoms with E-state index in [1.165, 1.54) is 0 Å². The zero-order valence-corrected chi connectivity index (χ0v) is 11.7. The number of carboxylic acids is 1. The van der Waals surface area contributed by atoms with Gasteiger partial charge in [-0.2, -0.15) is 0 Å². The third-order valence-electron chi connectivity index (χ3n) is 3.33. The molecule has 2 rings (SSSR count). The summed E-state index contributed by atoms with van der Waals surface area (Å²) < 4.78 is 1.87. The van der Waals surface area contributed by atoms with Crippen LogP contribution in [-0.4, -0.2) is 48.3 Å². The quantitative estimate of drug-likeness (QED) is 0.830. The molecule has 19 heavy (non-hydrogen) atoms. The minimum atomic E-state index is -0.781. The van der Waals surface area contributed by atoms with Crippen molar-refractivity contribution >= 4 is 5.97 Å². The molecule has 0 atom stereocenters. The van der Waals surface area contributed by atoms with E-state index in [0.717, 1.165) is 18.7 Å². The number of carbonyl (C=O) groups is 1. The monoisotopic (exact) mass is 267 g/mol. The predicted octanol–water partition coefficient (Wildman–Crippen LogP) is 1.08. The van der Waals surface area contributed by atoms with Gasteiger partial charge in [0.15, 0.2) is 5.82 Å². The molecule has 7 heteroatoms. The van der Waals surface area contributed by atoms with E-state index < -0.39 is 5.97 Å². The fourth-order valence-electron chi connectivity index (χ4n) is 1.97. The van der Waals surface area contributed by atoms with Gasteiger partial charge in [-0.15, -0.1) is 5.10 Å². The number of hydrogen-bond acceptors (Lipinski definition) is 5. The molecule has 0 spiro atoms. The van der Waals surface area contributed by atoms with Crippen LogP contribution in [0.3, 0.4) is 0 Å². The Balaban J connectivity index is 2.06. The summed E-state index contributed by atoms with van der Waals surface area (Å²) in [6, 6.07) is 0.436. The second-order valence-electron chi connectivity index (χ2n) is 6.01. The molecule has 0 amide bonds. The van der Waals surface area contributed by atoms with Crippen LogP contribution >= 0.6 is 0 Å². The lowest BCUT2D eigenvalue weighted by Crippen LogP contribution is -2.42. The van der Waals surface area contributed by atoms with E-state index in [2.05, 4.69) is 41.2 Å². The van der Waals surface area contributed by atoms with Crippen molar-refractivity contribution in [1.29, 1.82) is 0 Å². The summed E-state index contributed by atoms with van der Waals surface area (Å²) in [4.78, 5) is 12.8. The zero-order valence-electron chi connectivity index (χ0n) is 11.7. The van der Waals surface area contributed by atoms with Crippen LogP contribution in [0.1, 0.15) is 51.9 Å². The van der Waals surface area contributed by atoms with E-state index in [0.29, 0.717) is 19.1 Å². The van der Waals surface area contributed by atoms with Gasteiger partial charge in [0.25, 0.3) is 0 Å². The number of carboxylic acid groups (broad SMARTS) is 1. The fourth-order valence-corrected chi connectivity index (χ4v) is 1.97. The summed E-state index contributed by atoms with van der Waals surface area (Å²) in [5.41, 5.74) is -0.115. The largest absolute Gasteiger partial charge is 0.481 e. The first-order valence-electron chi connectivity index (χ1n) is 6.61. The number of aromatic nitrogens is 4. The molecular weight excluding hydrogens is 246 g/mol. The highest BCUT2D eigenvalue weighted by molar-refractivity contribution is 5.66. The van der Waals surface area contributed by atoms with Crippen molar-refractivity contribution in [1.82, 2.24) is 25.1 Å². The number of rotatable bonds is 6. The SMILES string of the molecule is CC(C)(C)N(CCC(=O)O)Cc1nnnn1C1CC1. The Kier molecular flexibility index (Phi) is 3.84. The molecule has 0 aliphatic heterocycles. The maximum Gasteiger partial charge on any atom is 0.304 e. The van der Waals surface area contributed by atoms with Gasteiger partial charge in [0.05, 0.1) is 19.0 Å². The van der Waals surface area contributed by atoms with Crippen LogP contribution in [0.15, 0.2) is 0 Å². The normalized spacial score (nSPS) is 16.0.